The van der Waals surface area contributed by atoms with Gasteiger partial charge < -0.3 is 9.84 Å². The Morgan fingerprint density at radius 3 is 2.31 bits per heavy atom. The van der Waals surface area contributed by atoms with E-state index in [1.807, 2.05) is 12.3 Å². The second-order valence-electron chi connectivity index (χ2n) is 6.88. The number of pyridine rings is 1. The van der Waals surface area contributed by atoms with Gasteiger partial charge in [0.05, 0.1) is 27.9 Å². The summed E-state index contributed by atoms with van der Waals surface area (Å²) in [5, 5.41) is 12.8. The fourth-order valence-corrected chi connectivity index (χ4v) is 4.52. The molecular weight excluding hydrogens is 480 g/mol. The molecule has 174 valence electrons. The highest BCUT2D eigenvalue weighted by molar-refractivity contribution is 7.16. The zero-order chi connectivity index (χ0) is 23.7. The van der Waals surface area contributed by atoms with E-state index in [0.29, 0.717) is 22.8 Å². The molecule has 5 nitrogen and oxygen atoms in total. The molecular formula is C19H17F6N3O2S2. The number of halogens is 6. The second-order valence-corrected chi connectivity index (χ2v) is 8.85. The molecule has 0 radical (unpaired) electrons. The summed E-state index contributed by atoms with van der Waals surface area (Å²) in [4.78, 5) is 13.8. The molecule has 0 bridgehead atoms. The van der Waals surface area contributed by atoms with Crippen molar-refractivity contribution in [2.75, 3.05) is 0 Å². The van der Waals surface area contributed by atoms with E-state index in [1.54, 1.807) is 6.92 Å². The molecule has 0 aliphatic rings. The summed E-state index contributed by atoms with van der Waals surface area (Å²) >= 11 is 2.73. The maximum atomic E-state index is 12.5. The summed E-state index contributed by atoms with van der Waals surface area (Å²) in [5.41, 5.74) is 2.09. The van der Waals surface area contributed by atoms with Gasteiger partial charge in [0.1, 0.15) is 11.1 Å². The molecule has 3 aromatic heterocycles. The highest BCUT2D eigenvalue weighted by atomic mass is 32.1. The summed E-state index contributed by atoms with van der Waals surface area (Å²) in [5.74, 6) is 0. The molecule has 0 saturated heterocycles. The molecule has 3 rings (SSSR count). The molecule has 1 N–H and O–H groups in total. The molecule has 32 heavy (non-hydrogen) atoms. The van der Waals surface area contributed by atoms with Gasteiger partial charge >= 0.3 is 12.4 Å². The van der Waals surface area contributed by atoms with Crippen LogP contribution in [0.1, 0.15) is 40.0 Å². The van der Waals surface area contributed by atoms with E-state index < -0.39 is 31.2 Å². The highest BCUT2D eigenvalue weighted by Crippen LogP contribution is 2.36. The number of ether oxygens (including phenoxy) is 1. The van der Waals surface area contributed by atoms with Crippen molar-refractivity contribution in [3.63, 3.8) is 0 Å². The third-order valence-corrected chi connectivity index (χ3v) is 6.38. The number of hydrogen-bond donors (Lipinski definition) is 1. The van der Waals surface area contributed by atoms with E-state index in [-0.39, 0.29) is 5.56 Å². The maximum absolute atomic E-state index is 12.5. The lowest BCUT2D eigenvalue weighted by Gasteiger charge is -2.23. The SMILES string of the molecule is Cc1nc([C@H](C)O)sc1-c1csc(Cc2ccc(COC(C(F)(F)F)C(F)(F)F)cn2)n1. The van der Waals surface area contributed by atoms with Crippen molar-refractivity contribution in [1.29, 1.82) is 0 Å². The van der Waals surface area contributed by atoms with Crippen LogP contribution in [0.2, 0.25) is 0 Å². The van der Waals surface area contributed by atoms with Crippen molar-refractivity contribution < 1.29 is 36.2 Å². The molecule has 0 fully saturated rings. The maximum Gasteiger partial charge on any atom is 0.423 e. The van der Waals surface area contributed by atoms with Crippen molar-refractivity contribution in [3.8, 4) is 10.6 Å². The predicted octanol–water partition coefficient (Wildman–Crippen LogP) is 5.62. The first-order valence-electron chi connectivity index (χ1n) is 9.13. The number of alkyl halides is 6. The van der Waals surface area contributed by atoms with Crippen LogP contribution in [0.15, 0.2) is 23.7 Å². The van der Waals surface area contributed by atoms with E-state index in [1.165, 1.54) is 41.0 Å². The predicted molar refractivity (Wildman–Crippen MR) is 106 cm³/mol. The lowest BCUT2D eigenvalue weighted by molar-refractivity contribution is -0.324. The first-order valence-corrected chi connectivity index (χ1v) is 10.8. The van der Waals surface area contributed by atoms with Gasteiger partial charge in [-0.2, -0.15) is 26.3 Å². The van der Waals surface area contributed by atoms with Crippen LogP contribution >= 0.6 is 22.7 Å². The average Bonchev–Trinajstić information content (AvgIpc) is 3.27. The number of rotatable bonds is 7. The van der Waals surface area contributed by atoms with Crippen LogP contribution in [0.4, 0.5) is 26.3 Å². The minimum Gasteiger partial charge on any atom is -0.386 e. The first kappa shape index (κ1) is 24.6. The van der Waals surface area contributed by atoms with Gasteiger partial charge in [-0.3, -0.25) is 4.98 Å². The normalized spacial score (nSPS) is 13.7. The lowest BCUT2D eigenvalue weighted by Crippen LogP contribution is -2.44. The Balaban J connectivity index is 1.64. The van der Waals surface area contributed by atoms with E-state index in [4.69, 9.17) is 0 Å². The van der Waals surface area contributed by atoms with Crippen molar-refractivity contribution in [3.05, 3.63) is 50.7 Å². The Kier molecular flexibility index (Phi) is 7.22. The van der Waals surface area contributed by atoms with Crippen molar-refractivity contribution >= 4 is 22.7 Å². The molecule has 0 amide bonds. The first-order chi connectivity index (χ1) is 14.8. The Bertz CT molecular complexity index is 1030. The van der Waals surface area contributed by atoms with E-state index in [2.05, 4.69) is 19.7 Å². The Hall–Kier alpha value is -2.09. The lowest BCUT2D eigenvalue weighted by atomic mass is 10.2. The van der Waals surface area contributed by atoms with E-state index in [9.17, 15) is 31.4 Å². The van der Waals surface area contributed by atoms with Crippen LogP contribution < -0.4 is 0 Å². The van der Waals surface area contributed by atoms with Crippen LogP contribution in [0.25, 0.3) is 10.6 Å². The molecule has 0 aromatic carbocycles. The zero-order valence-electron chi connectivity index (χ0n) is 16.7. The fourth-order valence-electron chi connectivity index (χ4n) is 2.68. The van der Waals surface area contributed by atoms with Gasteiger partial charge in [0.15, 0.2) is 0 Å². The number of nitrogens with zero attached hydrogens (tertiary/aromatic N) is 3. The zero-order valence-corrected chi connectivity index (χ0v) is 18.3. The number of thiazole rings is 2. The van der Waals surface area contributed by atoms with Crippen LogP contribution in [0.3, 0.4) is 0 Å². The summed E-state index contributed by atoms with van der Waals surface area (Å²) in [7, 11) is 0. The fraction of sp³-hybridized carbons (Fsp3) is 0.421. The van der Waals surface area contributed by atoms with Gasteiger partial charge in [-0.25, -0.2) is 9.97 Å². The monoisotopic (exact) mass is 497 g/mol. The minimum absolute atomic E-state index is 0.0815. The van der Waals surface area contributed by atoms with Gasteiger partial charge in [-0.05, 0) is 25.5 Å². The van der Waals surface area contributed by atoms with Crippen molar-refractivity contribution in [2.45, 2.75) is 51.4 Å². The van der Waals surface area contributed by atoms with Crippen molar-refractivity contribution in [1.82, 2.24) is 15.0 Å². The molecule has 0 spiro atoms. The Morgan fingerprint density at radius 2 is 1.78 bits per heavy atom. The molecule has 0 aliphatic carbocycles. The Morgan fingerprint density at radius 1 is 1.09 bits per heavy atom. The van der Waals surface area contributed by atoms with E-state index in [0.717, 1.165) is 15.6 Å². The van der Waals surface area contributed by atoms with Gasteiger partial charge in [0.2, 0.25) is 6.10 Å². The molecule has 3 heterocycles. The van der Waals surface area contributed by atoms with Gasteiger partial charge in [0, 0.05) is 23.7 Å². The summed E-state index contributed by atoms with van der Waals surface area (Å²) in [6.07, 6.45) is -14.1. The van der Waals surface area contributed by atoms with Crippen LogP contribution in [0, 0.1) is 6.92 Å². The summed E-state index contributed by atoms with van der Waals surface area (Å²) in [6, 6.07) is 2.86. The standard InChI is InChI=1S/C19H17F6N3O2S2/c1-9-15(32-16(27-9)10(2)29)13-8-31-14(28-13)5-12-4-3-11(6-26-12)7-30-17(18(20,21)22)19(23,24)25/h3-4,6,8,10,17,29H,5,7H2,1-2H3/t10-/m0/s1. The average molecular weight is 497 g/mol. The van der Waals surface area contributed by atoms with Gasteiger partial charge in [-0.1, -0.05) is 6.07 Å². The number of aromatic nitrogens is 3. The van der Waals surface area contributed by atoms with Crippen LogP contribution in [-0.2, 0) is 17.8 Å². The highest BCUT2D eigenvalue weighted by Gasteiger charge is 2.57. The molecule has 1 atom stereocenters. The van der Waals surface area contributed by atoms with E-state index >= 15 is 0 Å². The molecule has 0 saturated carbocycles. The number of hydrogen-bond acceptors (Lipinski definition) is 7. The minimum atomic E-state index is -5.55. The van der Waals surface area contributed by atoms with Gasteiger partial charge in [-0.15, -0.1) is 22.7 Å². The molecule has 13 heteroatoms. The van der Waals surface area contributed by atoms with Gasteiger partial charge in [0.25, 0.3) is 0 Å². The molecule has 3 aromatic rings. The molecule has 0 unspecified atom stereocenters. The van der Waals surface area contributed by atoms with Crippen LogP contribution in [-0.4, -0.2) is 38.5 Å². The number of aliphatic hydroxyl groups is 1. The quantitative estimate of drug-likeness (QED) is 0.429. The summed E-state index contributed by atoms with van der Waals surface area (Å²) in [6.45, 7) is 2.57. The number of aliphatic hydroxyl groups excluding tert-OH is 1. The third kappa shape index (κ3) is 6.03. The third-order valence-electron chi connectivity index (χ3n) is 4.18. The largest absolute Gasteiger partial charge is 0.423 e. The second kappa shape index (κ2) is 9.41. The van der Waals surface area contributed by atoms with Crippen molar-refractivity contribution in [2.24, 2.45) is 0 Å². The van der Waals surface area contributed by atoms with Crippen LogP contribution in [0.5, 0.6) is 0 Å². The topological polar surface area (TPSA) is 68.1 Å². The Labute approximate surface area is 186 Å². The number of aryl methyl sites for hydroxylation is 1. The smallest absolute Gasteiger partial charge is 0.386 e. The molecule has 0 aliphatic heterocycles. The summed E-state index contributed by atoms with van der Waals surface area (Å²) < 4.78 is 79.3.